The predicted molar refractivity (Wildman–Crippen MR) is 67.5 cm³/mol. The van der Waals surface area contributed by atoms with Crippen molar-refractivity contribution in [3.63, 3.8) is 0 Å². The van der Waals surface area contributed by atoms with Gasteiger partial charge in [0.1, 0.15) is 0 Å². The number of esters is 1. The summed E-state index contributed by atoms with van der Waals surface area (Å²) in [5.41, 5.74) is 5.90. The molecule has 0 aliphatic heterocycles. The smallest absolute Gasteiger partial charge is 0.313 e. The fourth-order valence-corrected chi connectivity index (χ4v) is 3.87. The second-order valence-electron chi connectivity index (χ2n) is 5.97. The quantitative estimate of drug-likeness (QED) is 0.770. The van der Waals surface area contributed by atoms with Crippen LogP contribution in [0.5, 0.6) is 0 Å². The lowest BCUT2D eigenvalue weighted by molar-refractivity contribution is -0.172. The minimum Gasteiger partial charge on any atom is -0.466 e. The molecule has 0 saturated heterocycles. The summed E-state index contributed by atoms with van der Waals surface area (Å²) in [6.45, 7) is 2.78. The minimum absolute atomic E-state index is 0.0580. The fraction of sp³-hybridized carbons (Fsp3) is 0.929. The van der Waals surface area contributed by atoms with Gasteiger partial charge in [0.25, 0.3) is 0 Å². The Bertz CT molecular complexity index is 272. The van der Waals surface area contributed by atoms with Gasteiger partial charge in [-0.25, -0.2) is 0 Å². The van der Waals surface area contributed by atoms with Gasteiger partial charge in [0.2, 0.25) is 0 Å². The van der Waals surface area contributed by atoms with Gasteiger partial charge in [0, 0.05) is 6.54 Å². The highest BCUT2D eigenvalue weighted by Gasteiger charge is 2.58. The molecular formula is C14H25NO2. The van der Waals surface area contributed by atoms with Crippen LogP contribution in [0.15, 0.2) is 0 Å². The fourth-order valence-electron chi connectivity index (χ4n) is 3.87. The van der Waals surface area contributed by atoms with Gasteiger partial charge in [0.15, 0.2) is 0 Å². The molecule has 0 amide bonds. The zero-order chi connectivity index (χ0) is 12.4. The average molecular weight is 239 g/mol. The zero-order valence-electron chi connectivity index (χ0n) is 11.0. The Balaban J connectivity index is 1.99. The van der Waals surface area contributed by atoms with Gasteiger partial charge < -0.3 is 10.5 Å². The first-order valence-electron chi connectivity index (χ1n) is 7.04. The van der Waals surface area contributed by atoms with Crippen molar-refractivity contribution >= 4 is 5.97 Å². The van der Waals surface area contributed by atoms with Crippen LogP contribution in [0.4, 0.5) is 0 Å². The summed E-state index contributed by atoms with van der Waals surface area (Å²) < 4.78 is 5.19. The Hall–Kier alpha value is -0.570. The van der Waals surface area contributed by atoms with Crippen molar-refractivity contribution in [2.45, 2.75) is 58.3 Å². The van der Waals surface area contributed by atoms with E-state index in [1.165, 1.54) is 38.5 Å². The van der Waals surface area contributed by atoms with E-state index in [0.29, 0.717) is 18.6 Å². The monoisotopic (exact) mass is 239 g/mol. The Morgan fingerprint density at radius 2 is 1.76 bits per heavy atom. The third-order valence-corrected chi connectivity index (χ3v) is 4.69. The standard InChI is InChI=1S/C14H25NO2/c1-2-17-12(16)14(11-15)9-13(10-14)7-5-3-4-6-8-13/h2-11,15H2,1H3. The third-order valence-electron chi connectivity index (χ3n) is 4.69. The van der Waals surface area contributed by atoms with Crippen LogP contribution in [-0.2, 0) is 9.53 Å². The second kappa shape index (κ2) is 4.97. The molecule has 0 heterocycles. The van der Waals surface area contributed by atoms with Crippen molar-refractivity contribution in [2.24, 2.45) is 16.6 Å². The number of nitrogens with two attached hydrogens (primary N) is 1. The summed E-state index contributed by atoms with van der Waals surface area (Å²) in [7, 11) is 0. The van der Waals surface area contributed by atoms with E-state index in [-0.39, 0.29) is 11.4 Å². The van der Waals surface area contributed by atoms with Crippen molar-refractivity contribution in [3.8, 4) is 0 Å². The van der Waals surface area contributed by atoms with Crippen molar-refractivity contribution in [1.82, 2.24) is 0 Å². The maximum atomic E-state index is 12.0. The first kappa shape index (κ1) is 12.9. The molecule has 0 radical (unpaired) electrons. The first-order chi connectivity index (χ1) is 8.16. The number of rotatable bonds is 3. The molecule has 0 bridgehead atoms. The number of hydrogen-bond donors (Lipinski definition) is 1. The maximum Gasteiger partial charge on any atom is 0.313 e. The SMILES string of the molecule is CCOC(=O)C1(CN)CC2(CCCCCC2)C1. The molecule has 2 fully saturated rings. The number of carbonyl (C=O) groups is 1. The lowest BCUT2D eigenvalue weighted by Gasteiger charge is -2.54. The molecule has 2 aliphatic rings. The van der Waals surface area contributed by atoms with E-state index in [2.05, 4.69) is 0 Å². The van der Waals surface area contributed by atoms with E-state index < -0.39 is 0 Å². The highest BCUT2D eigenvalue weighted by molar-refractivity contribution is 5.78. The molecule has 3 nitrogen and oxygen atoms in total. The van der Waals surface area contributed by atoms with Crippen LogP contribution >= 0.6 is 0 Å². The summed E-state index contributed by atoms with van der Waals surface area (Å²) in [6, 6.07) is 0. The van der Waals surface area contributed by atoms with Gasteiger partial charge in [-0.15, -0.1) is 0 Å². The first-order valence-corrected chi connectivity index (χ1v) is 7.04. The summed E-state index contributed by atoms with van der Waals surface area (Å²) in [5, 5.41) is 0. The Morgan fingerprint density at radius 1 is 1.18 bits per heavy atom. The Morgan fingerprint density at radius 3 is 2.24 bits per heavy atom. The topological polar surface area (TPSA) is 52.3 Å². The lowest BCUT2D eigenvalue weighted by atomic mass is 9.50. The van der Waals surface area contributed by atoms with Gasteiger partial charge >= 0.3 is 5.97 Å². The zero-order valence-corrected chi connectivity index (χ0v) is 11.0. The Labute approximate surface area is 104 Å². The van der Waals surface area contributed by atoms with E-state index in [0.717, 1.165) is 12.8 Å². The summed E-state index contributed by atoms with van der Waals surface area (Å²) in [6.07, 6.45) is 9.87. The van der Waals surface area contributed by atoms with Crippen LogP contribution in [-0.4, -0.2) is 19.1 Å². The van der Waals surface area contributed by atoms with Gasteiger partial charge in [-0.2, -0.15) is 0 Å². The van der Waals surface area contributed by atoms with Gasteiger partial charge in [-0.3, -0.25) is 4.79 Å². The van der Waals surface area contributed by atoms with E-state index in [9.17, 15) is 4.79 Å². The van der Waals surface area contributed by atoms with Crippen LogP contribution in [0.2, 0.25) is 0 Å². The van der Waals surface area contributed by atoms with Crippen LogP contribution < -0.4 is 5.73 Å². The molecular weight excluding hydrogens is 214 g/mol. The van der Waals surface area contributed by atoms with Gasteiger partial charge in [-0.1, -0.05) is 25.7 Å². The van der Waals surface area contributed by atoms with Gasteiger partial charge in [-0.05, 0) is 38.0 Å². The van der Waals surface area contributed by atoms with E-state index >= 15 is 0 Å². The average Bonchev–Trinajstić information content (AvgIpc) is 2.52. The molecule has 0 aromatic rings. The number of carbonyl (C=O) groups excluding carboxylic acids is 1. The molecule has 2 rings (SSSR count). The molecule has 2 aliphatic carbocycles. The highest BCUT2D eigenvalue weighted by Crippen LogP contribution is 2.60. The number of ether oxygens (including phenoxy) is 1. The molecule has 0 unspecified atom stereocenters. The van der Waals surface area contributed by atoms with Gasteiger partial charge in [0.05, 0.1) is 12.0 Å². The molecule has 2 N–H and O–H groups in total. The molecule has 0 atom stereocenters. The van der Waals surface area contributed by atoms with Crippen molar-refractivity contribution in [3.05, 3.63) is 0 Å². The lowest BCUT2D eigenvalue weighted by Crippen LogP contribution is -2.55. The molecule has 1 spiro atoms. The highest BCUT2D eigenvalue weighted by atomic mass is 16.5. The number of hydrogen-bond acceptors (Lipinski definition) is 3. The van der Waals surface area contributed by atoms with Crippen LogP contribution in [0.1, 0.15) is 58.3 Å². The summed E-state index contributed by atoms with van der Waals surface area (Å²) in [4.78, 5) is 12.0. The molecule has 98 valence electrons. The summed E-state index contributed by atoms with van der Waals surface area (Å²) >= 11 is 0. The summed E-state index contributed by atoms with van der Waals surface area (Å²) in [5.74, 6) is -0.0580. The third kappa shape index (κ3) is 2.35. The molecule has 2 saturated carbocycles. The van der Waals surface area contributed by atoms with Crippen molar-refractivity contribution < 1.29 is 9.53 Å². The van der Waals surface area contributed by atoms with Crippen molar-refractivity contribution in [2.75, 3.05) is 13.2 Å². The van der Waals surface area contributed by atoms with E-state index in [1.807, 2.05) is 6.92 Å². The normalized spacial score (nSPS) is 26.0. The molecule has 0 aromatic heterocycles. The van der Waals surface area contributed by atoms with Crippen LogP contribution in [0, 0.1) is 10.8 Å². The Kier molecular flexibility index (Phi) is 3.76. The van der Waals surface area contributed by atoms with E-state index in [1.54, 1.807) is 0 Å². The van der Waals surface area contributed by atoms with Crippen molar-refractivity contribution in [1.29, 1.82) is 0 Å². The molecule has 17 heavy (non-hydrogen) atoms. The van der Waals surface area contributed by atoms with E-state index in [4.69, 9.17) is 10.5 Å². The second-order valence-corrected chi connectivity index (χ2v) is 5.97. The molecule has 3 heteroatoms. The van der Waals surface area contributed by atoms with Crippen LogP contribution in [0.3, 0.4) is 0 Å². The minimum atomic E-state index is -0.347. The maximum absolute atomic E-state index is 12.0. The molecule has 0 aromatic carbocycles. The van der Waals surface area contributed by atoms with Crippen LogP contribution in [0.25, 0.3) is 0 Å². The predicted octanol–water partition coefficient (Wildman–Crippen LogP) is 2.63. The largest absolute Gasteiger partial charge is 0.466 e.